The molecule has 0 aliphatic heterocycles. The Kier molecular flexibility index (Phi) is 23.5. The molecule has 0 spiro atoms. The number of rotatable bonds is 31. The van der Waals surface area contributed by atoms with E-state index in [0.29, 0.717) is 48.7 Å². The lowest BCUT2D eigenvalue weighted by molar-refractivity contribution is -0.141. The van der Waals surface area contributed by atoms with E-state index in [9.17, 15) is 19.2 Å². The highest BCUT2D eigenvalue weighted by molar-refractivity contribution is 5.88. The number of benzene rings is 6. The summed E-state index contributed by atoms with van der Waals surface area (Å²) in [7, 11) is 0. The van der Waals surface area contributed by atoms with E-state index < -0.39 is 23.9 Å². The summed E-state index contributed by atoms with van der Waals surface area (Å²) in [6.45, 7) is 28.1. The first-order valence-electron chi connectivity index (χ1n) is 26.5. The lowest BCUT2D eigenvalue weighted by atomic mass is 9.83. The third-order valence-electron chi connectivity index (χ3n) is 12.8. The van der Waals surface area contributed by atoms with Gasteiger partial charge in [-0.1, -0.05) is 123 Å². The number of ether oxygens (including phenoxy) is 8. The Balaban J connectivity index is 1.22. The lowest BCUT2D eigenvalue weighted by Gasteiger charge is -2.27. The third kappa shape index (κ3) is 18.5. The highest BCUT2D eigenvalue weighted by atomic mass is 16.6. The molecule has 13 heteroatoms. The van der Waals surface area contributed by atoms with Crippen molar-refractivity contribution in [3.05, 3.63) is 232 Å². The van der Waals surface area contributed by atoms with Gasteiger partial charge in [0, 0.05) is 45.3 Å². The maximum absolute atomic E-state index is 11.8. The molecule has 0 radical (unpaired) electrons. The second-order valence-corrected chi connectivity index (χ2v) is 19.5. The van der Waals surface area contributed by atoms with Crippen LogP contribution in [0.15, 0.2) is 182 Å². The molecule has 0 saturated heterocycles. The van der Waals surface area contributed by atoms with Gasteiger partial charge in [0.15, 0.2) is 0 Å². The van der Waals surface area contributed by atoms with Crippen molar-refractivity contribution in [2.24, 2.45) is 0 Å². The Morgan fingerprint density at radius 3 is 1.07 bits per heavy atom. The third-order valence-corrected chi connectivity index (χ3v) is 12.8. The van der Waals surface area contributed by atoms with Crippen LogP contribution in [0.4, 0.5) is 17.1 Å². The Hall–Kier alpha value is -8.20. The minimum Gasteiger partial charge on any atom is -0.460 e. The van der Waals surface area contributed by atoms with Crippen molar-refractivity contribution < 1.29 is 57.1 Å². The molecule has 6 aromatic rings. The quantitative estimate of drug-likeness (QED) is 0.0134. The number of carbonyl (C=O) groups is 4. The summed E-state index contributed by atoms with van der Waals surface area (Å²) >= 11 is 0. The first-order chi connectivity index (χ1) is 38.5. The van der Waals surface area contributed by atoms with Gasteiger partial charge in [-0.25, -0.2) is 19.2 Å². The minimum atomic E-state index is -0.441. The van der Waals surface area contributed by atoms with Crippen molar-refractivity contribution in [2.45, 2.75) is 73.9 Å². The summed E-state index contributed by atoms with van der Waals surface area (Å²) in [5.74, 6) is -1.86. The highest BCUT2D eigenvalue weighted by Crippen LogP contribution is 2.38. The van der Waals surface area contributed by atoms with E-state index in [1.54, 1.807) is 27.7 Å². The molecule has 6 aromatic carbocycles. The molecule has 0 saturated carbocycles. The maximum atomic E-state index is 11.8. The van der Waals surface area contributed by atoms with E-state index in [0.717, 1.165) is 78.3 Å². The van der Waals surface area contributed by atoms with Gasteiger partial charge >= 0.3 is 23.9 Å². The van der Waals surface area contributed by atoms with Crippen molar-refractivity contribution in [3.63, 3.8) is 0 Å². The highest BCUT2D eigenvalue weighted by Gasteiger charge is 2.20. The van der Waals surface area contributed by atoms with Crippen LogP contribution >= 0.6 is 0 Å². The second kappa shape index (κ2) is 30.8. The van der Waals surface area contributed by atoms with Crippen LogP contribution in [-0.2, 0) is 83.5 Å². The van der Waals surface area contributed by atoms with Gasteiger partial charge < -0.3 is 42.8 Å². The molecular formula is C67H73NO12. The molecule has 0 N–H and O–H groups in total. The molecule has 0 aromatic heterocycles. The zero-order valence-electron chi connectivity index (χ0n) is 46.9. The van der Waals surface area contributed by atoms with E-state index in [2.05, 4.69) is 166 Å². The van der Waals surface area contributed by atoms with Gasteiger partial charge in [-0.15, -0.1) is 0 Å². The molecule has 13 nitrogen and oxygen atoms in total. The predicted octanol–water partition coefficient (Wildman–Crippen LogP) is 13.2. The molecule has 0 aliphatic carbocycles. The Bertz CT molecular complexity index is 2890. The van der Waals surface area contributed by atoms with E-state index in [1.165, 1.54) is 0 Å². The fourth-order valence-corrected chi connectivity index (χ4v) is 8.30. The molecule has 0 fully saturated rings. The second-order valence-electron chi connectivity index (χ2n) is 19.5. The molecule has 1 unspecified atom stereocenters. The normalized spacial score (nSPS) is 11.3. The number of carbonyl (C=O) groups excluding carboxylic acids is 4. The topological polar surface area (TPSA) is 145 Å². The molecule has 6 rings (SSSR count). The molecule has 80 heavy (non-hydrogen) atoms. The lowest BCUT2D eigenvalue weighted by Crippen LogP contribution is -2.12. The molecule has 1 atom stereocenters. The average Bonchev–Trinajstić information content (AvgIpc) is 3.45. The minimum absolute atomic E-state index is 0.108. The van der Waals surface area contributed by atoms with E-state index in [4.69, 9.17) is 37.9 Å². The van der Waals surface area contributed by atoms with Crippen LogP contribution in [0.25, 0.3) is 11.1 Å². The largest absolute Gasteiger partial charge is 0.460 e. The van der Waals surface area contributed by atoms with Crippen LogP contribution in [0.1, 0.15) is 83.7 Å². The smallest absolute Gasteiger partial charge is 0.333 e. The average molecular weight is 1080 g/mol. The number of esters is 4. The van der Waals surface area contributed by atoms with Gasteiger partial charge in [0.25, 0.3) is 0 Å². The first kappa shape index (κ1) is 61.0. The summed E-state index contributed by atoms with van der Waals surface area (Å²) in [4.78, 5) is 49.4. The number of aryl methyl sites for hydroxylation is 2. The van der Waals surface area contributed by atoms with Crippen LogP contribution in [0.2, 0.25) is 0 Å². The monoisotopic (exact) mass is 1080 g/mol. The van der Waals surface area contributed by atoms with Crippen LogP contribution in [0, 0.1) is 13.8 Å². The van der Waals surface area contributed by atoms with E-state index in [-0.39, 0.29) is 58.8 Å². The first-order valence-corrected chi connectivity index (χ1v) is 26.5. The fraction of sp³-hybridized carbons (Fsp3) is 0.284. The van der Waals surface area contributed by atoms with Crippen LogP contribution < -0.4 is 4.90 Å². The Morgan fingerprint density at radius 1 is 0.375 bits per heavy atom. The summed E-state index contributed by atoms with van der Waals surface area (Å²) in [6.07, 6.45) is 0. The maximum Gasteiger partial charge on any atom is 0.333 e. The van der Waals surface area contributed by atoms with Crippen LogP contribution in [0.5, 0.6) is 0 Å². The van der Waals surface area contributed by atoms with Crippen molar-refractivity contribution in [1.82, 2.24) is 0 Å². The number of hydrogen-bond acceptors (Lipinski definition) is 13. The number of hydrogen-bond donors (Lipinski definition) is 0. The van der Waals surface area contributed by atoms with Crippen LogP contribution in [-0.4, -0.2) is 76.7 Å². The standard InChI is InChI=1S/C67H73NO12/c1-45(2)64(69)77-35-31-73-41-51-11-15-55(16-12-51)63(57-21-22-58(49(9)39-57)43-75-33-37-79-66(71)47(5)6)56-19-17-53(18-20-56)54-23-28-61(29-24-54)68(60-26-13-52(14-27-60)42-74-32-36-78-65(70)46(3)4)62-30-25-59(50(10)40-62)44-76-34-38-80-67(72)48(7)8/h11-30,39-40,63H,1,3,5,7,31-38,41-44H2,2,4,6,8-10H3. The van der Waals surface area contributed by atoms with Crippen molar-refractivity contribution in [1.29, 1.82) is 0 Å². The number of anilines is 3. The van der Waals surface area contributed by atoms with Crippen molar-refractivity contribution in [2.75, 3.05) is 57.8 Å². The summed E-state index contributed by atoms with van der Waals surface area (Å²) < 4.78 is 44.1. The number of nitrogens with zero attached hydrogens (tertiary/aromatic N) is 1. The Morgan fingerprint density at radius 2 is 0.688 bits per heavy atom. The van der Waals surface area contributed by atoms with Gasteiger partial charge in [-0.3, -0.25) is 0 Å². The SMILES string of the molecule is C=C(C)C(=O)OCCOCc1ccc(C(c2ccc(-c3ccc(N(c4ccc(COCCOC(=O)C(=C)C)cc4)c4ccc(COCCOC(=O)C(=C)C)c(C)c4)cc3)cc2)c2ccc(COCCOC(=O)C(=C)C)c(C)c2)cc1. The van der Waals surface area contributed by atoms with E-state index in [1.807, 2.05) is 12.1 Å². The summed E-state index contributed by atoms with van der Waals surface area (Å²) in [5, 5.41) is 0. The van der Waals surface area contributed by atoms with Gasteiger partial charge in [0.1, 0.15) is 26.4 Å². The zero-order valence-corrected chi connectivity index (χ0v) is 46.9. The summed E-state index contributed by atoms with van der Waals surface area (Å²) in [6, 6.07) is 46.5. The molecule has 0 heterocycles. The van der Waals surface area contributed by atoms with Crippen LogP contribution in [0.3, 0.4) is 0 Å². The summed E-state index contributed by atoms with van der Waals surface area (Å²) in [5.41, 5.74) is 15.8. The predicted molar refractivity (Wildman–Crippen MR) is 312 cm³/mol. The molecule has 0 bridgehead atoms. The molecule has 0 aliphatic rings. The van der Waals surface area contributed by atoms with Gasteiger partial charge in [-0.2, -0.15) is 0 Å². The molecule has 0 amide bonds. The Labute approximate surface area is 471 Å². The van der Waals surface area contributed by atoms with Gasteiger partial charge in [0.05, 0.1) is 52.9 Å². The van der Waals surface area contributed by atoms with Gasteiger partial charge in [0.2, 0.25) is 0 Å². The van der Waals surface area contributed by atoms with Crippen molar-refractivity contribution >= 4 is 40.9 Å². The molecular weight excluding hydrogens is 1010 g/mol. The van der Waals surface area contributed by atoms with Gasteiger partial charge in [-0.05, 0) is 139 Å². The fourth-order valence-electron chi connectivity index (χ4n) is 8.30. The zero-order chi connectivity index (χ0) is 57.6. The van der Waals surface area contributed by atoms with E-state index >= 15 is 0 Å². The molecule has 418 valence electrons. The van der Waals surface area contributed by atoms with Crippen molar-refractivity contribution in [3.8, 4) is 11.1 Å².